The van der Waals surface area contributed by atoms with Crippen molar-refractivity contribution in [3.63, 3.8) is 0 Å². The van der Waals surface area contributed by atoms with Gasteiger partial charge in [0, 0.05) is 13.6 Å². The third-order valence-corrected chi connectivity index (χ3v) is 3.41. The molecule has 0 unspecified atom stereocenters. The van der Waals surface area contributed by atoms with E-state index in [1.165, 1.54) is 54.9 Å². The minimum atomic E-state index is -0.0974. The van der Waals surface area contributed by atoms with Crippen LogP contribution in [-0.2, 0) is 13.6 Å². The van der Waals surface area contributed by atoms with E-state index in [1.54, 1.807) is 7.05 Å². The number of ether oxygens (including phenoxy) is 1. The minimum absolute atomic E-state index is 0.0974. The van der Waals surface area contributed by atoms with E-state index >= 15 is 0 Å². The van der Waals surface area contributed by atoms with Gasteiger partial charge in [-0.25, -0.2) is 14.0 Å². The van der Waals surface area contributed by atoms with E-state index in [9.17, 15) is 4.79 Å². The molecule has 110 valence electrons. The molecule has 0 saturated carbocycles. The molecular weight excluding hydrogens is 242 g/mol. The summed E-state index contributed by atoms with van der Waals surface area (Å²) in [7, 11) is 3.21. The molecule has 0 spiro atoms. The number of hydrogen-bond donors (Lipinski definition) is 0. The van der Waals surface area contributed by atoms with Crippen molar-refractivity contribution < 1.29 is 4.74 Å². The average Bonchev–Trinajstić information content (AvgIpc) is 2.69. The molecule has 0 amide bonds. The van der Waals surface area contributed by atoms with E-state index in [0.717, 1.165) is 12.8 Å². The van der Waals surface area contributed by atoms with Gasteiger partial charge in [-0.3, -0.25) is 0 Å². The van der Waals surface area contributed by atoms with Crippen LogP contribution in [0.1, 0.15) is 58.3 Å². The zero-order valence-corrected chi connectivity index (χ0v) is 12.5. The average molecular weight is 269 g/mol. The van der Waals surface area contributed by atoms with Gasteiger partial charge in [0.1, 0.15) is 0 Å². The van der Waals surface area contributed by atoms with Crippen molar-refractivity contribution in [2.24, 2.45) is 7.05 Å². The molecule has 5 nitrogen and oxygen atoms in total. The molecule has 1 aromatic heterocycles. The van der Waals surface area contributed by atoms with E-state index in [4.69, 9.17) is 4.74 Å². The second kappa shape index (κ2) is 8.77. The maximum Gasteiger partial charge on any atom is 0.348 e. The number of nitrogens with zero attached hydrogens (tertiary/aromatic N) is 3. The molecule has 0 aliphatic carbocycles. The van der Waals surface area contributed by atoms with Crippen molar-refractivity contribution >= 4 is 0 Å². The highest BCUT2D eigenvalue weighted by atomic mass is 16.5. The zero-order valence-electron chi connectivity index (χ0n) is 12.5. The molecule has 0 aliphatic rings. The lowest BCUT2D eigenvalue weighted by Crippen LogP contribution is -2.23. The Bertz CT molecular complexity index is 409. The van der Waals surface area contributed by atoms with Gasteiger partial charge in [0.15, 0.2) is 0 Å². The molecular formula is C14H27N3O2. The van der Waals surface area contributed by atoms with Gasteiger partial charge < -0.3 is 4.74 Å². The maximum absolute atomic E-state index is 11.8. The Labute approximate surface area is 115 Å². The topological polar surface area (TPSA) is 49.0 Å². The van der Waals surface area contributed by atoms with Gasteiger partial charge in [0.05, 0.1) is 7.11 Å². The van der Waals surface area contributed by atoms with Crippen molar-refractivity contribution in [1.29, 1.82) is 0 Å². The van der Waals surface area contributed by atoms with Gasteiger partial charge >= 0.3 is 11.7 Å². The Morgan fingerprint density at radius 3 is 2.16 bits per heavy atom. The fraction of sp³-hybridized carbons (Fsp3) is 0.857. The predicted octanol–water partition coefficient (Wildman–Crippen LogP) is 2.73. The summed E-state index contributed by atoms with van der Waals surface area (Å²) in [5.41, 5.74) is -0.0974. The van der Waals surface area contributed by atoms with E-state index in [1.807, 2.05) is 0 Å². The summed E-state index contributed by atoms with van der Waals surface area (Å²) in [5.74, 6) is 0. The molecule has 0 saturated heterocycles. The van der Waals surface area contributed by atoms with E-state index in [2.05, 4.69) is 12.0 Å². The molecule has 0 bridgehead atoms. The van der Waals surface area contributed by atoms with E-state index < -0.39 is 0 Å². The van der Waals surface area contributed by atoms with Gasteiger partial charge in [-0.1, -0.05) is 51.9 Å². The van der Waals surface area contributed by atoms with Crippen molar-refractivity contribution in [3.8, 4) is 6.01 Å². The summed E-state index contributed by atoms with van der Waals surface area (Å²) in [6.45, 7) is 2.92. The predicted molar refractivity (Wildman–Crippen MR) is 76.6 cm³/mol. The molecule has 0 radical (unpaired) electrons. The second-order valence-electron chi connectivity index (χ2n) is 5.03. The van der Waals surface area contributed by atoms with Crippen LogP contribution in [0.5, 0.6) is 6.01 Å². The summed E-state index contributed by atoms with van der Waals surface area (Å²) < 4.78 is 7.95. The van der Waals surface area contributed by atoms with Crippen LogP contribution in [0.3, 0.4) is 0 Å². The quantitative estimate of drug-likeness (QED) is 0.614. The molecule has 0 fully saturated rings. The summed E-state index contributed by atoms with van der Waals surface area (Å²) in [4.78, 5) is 11.8. The van der Waals surface area contributed by atoms with Crippen LogP contribution in [-0.4, -0.2) is 21.5 Å². The fourth-order valence-electron chi connectivity index (χ4n) is 2.19. The molecule has 1 rings (SSSR count). The first-order chi connectivity index (χ1) is 9.20. The number of hydrogen-bond acceptors (Lipinski definition) is 3. The fourth-order valence-corrected chi connectivity index (χ4v) is 2.19. The van der Waals surface area contributed by atoms with Crippen LogP contribution in [0.25, 0.3) is 0 Å². The largest absolute Gasteiger partial charge is 0.467 e. The smallest absolute Gasteiger partial charge is 0.348 e. The Hall–Kier alpha value is -1.26. The van der Waals surface area contributed by atoms with Crippen LogP contribution >= 0.6 is 0 Å². The summed E-state index contributed by atoms with van der Waals surface area (Å²) in [6.07, 6.45) is 10.1. The molecule has 0 atom stereocenters. The molecule has 5 heteroatoms. The van der Waals surface area contributed by atoms with Crippen LogP contribution in [0.2, 0.25) is 0 Å². The van der Waals surface area contributed by atoms with Crippen molar-refractivity contribution in [3.05, 3.63) is 10.5 Å². The van der Waals surface area contributed by atoms with Crippen molar-refractivity contribution in [2.75, 3.05) is 7.11 Å². The summed E-state index contributed by atoms with van der Waals surface area (Å²) >= 11 is 0. The monoisotopic (exact) mass is 269 g/mol. The lowest BCUT2D eigenvalue weighted by atomic mass is 10.1. The Kier molecular flexibility index (Phi) is 7.30. The third kappa shape index (κ3) is 5.09. The summed E-state index contributed by atoms with van der Waals surface area (Å²) in [6, 6.07) is 0.379. The van der Waals surface area contributed by atoms with Gasteiger partial charge in [-0.05, 0) is 6.42 Å². The van der Waals surface area contributed by atoms with Crippen LogP contribution in [0.15, 0.2) is 4.79 Å². The molecule has 0 aliphatic heterocycles. The summed E-state index contributed by atoms with van der Waals surface area (Å²) in [5, 5.41) is 4.13. The van der Waals surface area contributed by atoms with Gasteiger partial charge in [0.2, 0.25) is 0 Å². The minimum Gasteiger partial charge on any atom is -0.467 e. The van der Waals surface area contributed by atoms with Gasteiger partial charge in [-0.2, -0.15) is 0 Å². The number of methoxy groups -OCH3 is 1. The first-order valence-corrected chi connectivity index (χ1v) is 7.38. The Morgan fingerprint density at radius 2 is 1.63 bits per heavy atom. The molecule has 0 aromatic carbocycles. The van der Waals surface area contributed by atoms with Crippen molar-refractivity contribution in [2.45, 2.75) is 64.8 Å². The van der Waals surface area contributed by atoms with Crippen LogP contribution in [0.4, 0.5) is 0 Å². The Balaban J connectivity index is 2.18. The number of aryl methyl sites for hydroxylation is 1. The number of rotatable bonds is 10. The first-order valence-electron chi connectivity index (χ1n) is 7.38. The molecule has 19 heavy (non-hydrogen) atoms. The first kappa shape index (κ1) is 15.8. The van der Waals surface area contributed by atoms with E-state index in [0.29, 0.717) is 12.6 Å². The van der Waals surface area contributed by atoms with Gasteiger partial charge in [-0.15, -0.1) is 5.10 Å². The second-order valence-corrected chi connectivity index (χ2v) is 5.03. The molecule has 1 heterocycles. The van der Waals surface area contributed by atoms with Gasteiger partial charge in [0.25, 0.3) is 0 Å². The SMILES string of the molecule is CCCCCCCCCCn1nc(OC)n(C)c1=O. The highest BCUT2D eigenvalue weighted by Crippen LogP contribution is 2.09. The highest BCUT2D eigenvalue weighted by molar-refractivity contribution is 4.91. The lowest BCUT2D eigenvalue weighted by molar-refractivity contribution is 0.359. The lowest BCUT2D eigenvalue weighted by Gasteiger charge is -2.01. The molecule has 0 N–H and O–H groups in total. The number of aromatic nitrogens is 3. The standard InChI is InChI=1S/C14H27N3O2/c1-4-5-6-7-8-9-10-11-12-17-14(18)16(2)13(15-17)19-3/h4-12H2,1-3H3. The number of unbranched alkanes of at least 4 members (excludes halogenated alkanes) is 7. The van der Waals surface area contributed by atoms with Crippen LogP contribution < -0.4 is 10.4 Å². The highest BCUT2D eigenvalue weighted by Gasteiger charge is 2.09. The normalized spacial score (nSPS) is 10.9. The Morgan fingerprint density at radius 1 is 1.05 bits per heavy atom. The zero-order chi connectivity index (χ0) is 14.1. The third-order valence-electron chi connectivity index (χ3n) is 3.41. The van der Waals surface area contributed by atoms with Crippen LogP contribution in [0, 0.1) is 0 Å². The van der Waals surface area contributed by atoms with E-state index in [-0.39, 0.29) is 5.69 Å². The maximum atomic E-state index is 11.8. The molecule has 1 aromatic rings. The van der Waals surface area contributed by atoms with Crippen molar-refractivity contribution in [1.82, 2.24) is 14.3 Å².